The van der Waals surface area contributed by atoms with Gasteiger partial charge in [0.25, 0.3) is 0 Å². The third-order valence-corrected chi connectivity index (χ3v) is 2.60. The fourth-order valence-corrected chi connectivity index (χ4v) is 1.75. The first-order chi connectivity index (χ1) is 7.22. The lowest BCUT2D eigenvalue weighted by atomic mass is 10.1. The molecule has 0 spiro atoms. The second kappa shape index (κ2) is 4.14. The Kier molecular flexibility index (Phi) is 2.86. The Morgan fingerprint density at radius 3 is 2.87 bits per heavy atom. The topological polar surface area (TPSA) is 59.1 Å². The number of aliphatic hydroxyl groups excluding tert-OH is 1. The molecule has 0 unspecified atom stereocenters. The van der Waals surface area contributed by atoms with Crippen molar-refractivity contribution in [3.63, 3.8) is 0 Å². The molecule has 0 saturated heterocycles. The van der Waals surface area contributed by atoms with Crippen molar-refractivity contribution >= 4 is 22.5 Å². The Balaban J connectivity index is 2.61. The molecule has 0 fully saturated rings. The van der Waals surface area contributed by atoms with Gasteiger partial charge in [0, 0.05) is 10.9 Å². The molecule has 0 saturated carbocycles. The van der Waals surface area contributed by atoms with E-state index in [0.29, 0.717) is 10.7 Å². The van der Waals surface area contributed by atoms with E-state index in [1.165, 1.54) is 0 Å². The normalized spacial score (nSPS) is 13.0. The maximum absolute atomic E-state index is 8.97. The van der Waals surface area contributed by atoms with Gasteiger partial charge in [-0.3, -0.25) is 0 Å². The standard InChI is InChI=1S/C11H11ClN2O/c12-11-8(9(13)6-15)5-7-3-1-2-4-10(7)14-11/h1-5,9,15H,6,13H2/t9-/m1/s1. The summed E-state index contributed by atoms with van der Waals surface area (Å²) in [4.78, 5) is 4.22. The number of halogens is 1. The molecule has 0 aliphatic carbocycles. The number of fused-ring (bicyclic) bond motifs is 1. The van der Waals surface area contributed by atoms with Crippen molar-refractivity contribution < 1.29 is 5.11 Å². The van der Waals surface area contributed by atoms with Crippen LogP contribution in [0.3, 0.4) is 0 Å². The second-order valence-electron chi connectivity index (χ2n) is 3.35. The van der Waals surface area contributed by atoms with Crippen molar-refractivity contribution in [2.75, 3.05) is 6.61 Å². The quantitative estimate of drug-likeness (QED) is 0.763. The molecule has 3 nitrogen and oxygen atoms in total. The average Bonchev–Trinajstić information content (AvgIpc) is 2.27. The van der Waals surface area contributed by atoms with Crippen molar-refractivity contribution in [3.05, 3.63) is 41.0 Å². The van der Waals surface area contributed by atoms with Gasteiger partial charge in [-0.25, -0.2) is 4.98 Å². The van der Waals surface area contributed by atoms with Gasteiger partial charge >= 0.3 is 0 Å². The van der Waals surface area contributed by atoms with Crippen molar-refractivity contribution in [1.29, 1.82) is 0 Å². The monoisotopic (exact) mass is 222 g/mol. The number of benzene rings is 1. The highest BCUT2D eigenvalue weighted by atomic mass is 35.5. The summed E-state index contributed by atoms with van der Waals surface area (Å²) in [5.74, 6) is 0. The fraction of sp³-hybridized carbons (Fsp3) is 0.182. The van der Waals surface area contributed by atoms with E-state index in [1.54, 1.807) is 0 Å². The molecule has 1 atom stereocenters. The first-order valence-electron chi connectivity index (χ1n) is 4.64. The summed E-state index contributed by atoms with van der Waals surface area (Å²) in [6, 6.07) is 9.03. The first kappa shape index (κ1) is 10.4. The minimum Gasteiger partial charge on any atom is -0.394 e. The zero-order valence-electron chi connectivity index (χ0n) is 8.02. The third kappa shape index (κ3) is 1.95. The SMILES string of the molecule is N[C@H](CO)c1cc2ccccc2nc1Cl. The van der Waals surface area contributed by atoms with E-state index in [-0.39, 0.29) is 6.61 Å². The van der Waals surface area contributed by atoms with E-state index >= 15 is 0 Å². The van der Waals surface area contributed by atoms with E-state index in [2.05, 4.69) is 4.98 Å². The van der Waals surface area contributed by atoms with Crippen LogP contribution in [0.4, 0.5) is 0 Å². The molecule has 2 rings (SSSR count). The predicted molar refractivity (Wildman–Crippen MR) is 60.8 cm³/mol. The second-order valence-corrected chi connectivity index (χ2v) is 3.71. The molecule has 0 amide bonds. The molecule has 78 valence electrons. The summed E-state index contributed by atoms with van der Waals surface area (Å²) >= 11 is 5.97. The lowest BCUT2D eigenvalue weighted by Crippen LogP contribution is -2.15. The number of rotatable bonds is 2. The van der Waals surface area contributed by atoms with Gasteiger partial charge in [0.15, 0.2) is 0 Å². The van der Waals surface area contributed by atoms with Gasteiger partial charge in [0.1, 0.15) is 5.15 Å². The fourth-order valence-electron chi connectivity index (χ4n) is 1.47. The maximum atomic E-state index is 8.97. The largest absolute Gasteiger partial charge is 0.394 e. The van der Waals surface area contributed by atoms with Crippen molar-refractivity contribution in [1.82, 2.24) is 4.98 Å². The van der Waals surface area contributed by atoms with Gasteiger partial charge in [0.05, 0.1) is 18.2 Å². The number of hydrogen-bond acceptors (Lipinski definition) is 3. The smallest absolute Gasteiger partial charge is 0.134 e. The van der Waals surface area contributed by atoms with Gasteiger partial charge < -0.3 is 10.8 Å². The van der Waals surface area contributed by atoms with Crippen molar-refractivity contribution in [3.8, 4) is 0 Å². The van der Waals surface area contributed by atoms with Gasteiger partial charge in [-0.05, 0) is 12.1 Å². The highest BCUT2D eigenvalue weighted by Crippen LogP contribution is 2.24. The minimum absolute atomic E-state index is 0.139. The number of hydrogen-bond donors (Lipinski definition) is 2. The molecule has 15 heavy (non-hydrogen) atoms. The van der Waals surface area contributed by atoms with Crippen LogP contribution >= 0.6 is 11.6 Å². The lowest BCUT2D eigenvalue weighted by Gasteiger charge is -2.10. The number of pyridine rings is 1. The average molecular weight is 223 g/mol. The summed E-state index contributed by atoms with van der Waals surface area (Å²) < 4.78 is 0. The van der Waals surface area contributed by atoms with E-state index in [9.17, 15) is 0 Å². The first-order valence-corrected chi connectivity index (χ1v) is 5.02. The lowest BCUT2D eigenvalue weighted by molar-refractivity contribution is 0.268. The Hall–Kier alpha value is -1.16. The summed E-state index contributed by atoms with van der Waals surface area (Å²) in [6.45, 7) is -0.139. The molecule has 1 aromatic carbocycles. The summed E-state index contributed by atoms with van der Waals surface area (Å²) in [6.07, 6.45) is 0. The molecule has 0 aliphatic heterocycles. The highest BCUT2D eigenvalue weighted by Gasteiger charge is 2.11. The van der Waals surface area contributed by atoms with Gasteiger partial charge in [-0.15, -0.1) is 0 Å². The Bertz CT molecular complexity index is 487. The highest BCUT2D eigenvalue weighted by molar-refractivity contribution is 6.30. The van der Waals surface area contributed by atoms with Crippen LogP contribution < -0.4 is 5.73 Å². The summed E-state index contributed by atoms with van der Waals surface area (Å²) in [5.41, 5.74) is 7.22. The van der Waals surface area contributed by atoms with E-state index in [0.717, 1.165) is 10.9 Å². The Labute approximate surface area is 92.5 Å². The zero-order valence-corrected chi connectivity index (χ0v) is 8.78. The van der Waals surface area contributed by atoms with E-state index in [4.69, 9.17) is 22.4 Å². The number of nitrogens with two attached hydrogens (primary N) is 1. The van der Waals surface area contributed by atoms with E-state index in [1.807, 2.05) is 30.3 Å². The van der Waals surface area contributed by atoms with Crippen molar-refractivity contribution in [2.45, 2.75) is 6.04 Å². The molecular weight excluding hydrogens is 212 g/mol. The third-order valence-electron chi connectivity index (χ3n) is 2.30. The Morgan fingerprint density at radius 2 is 2.13 bits per heavy atom. The van der Waals surface area contributed by atoms with Crippen LogP contribution in [-0.4, -0.2) is 16.7 Å². The number of para-hydroxylation sites is 1. The van der Waals surface area contributed by atoms with Crippen LogP contribution in [0.2, 0.25) is 5.15 Å². The molecule has 1 aromatic heterocycles. The number of aliphatic hydroxyl groups is 1. The predicted octanol–water partition coefficient (Wildman–Crippen LogP) is 1.88. The summed E-state index contributed by atoms with van der Waals surface area (Å²) in [7, 11) is 0. The van der Waals surface area contributed by atoms with Crippen LogP contribution in [0, 0.1) is 0 Å². The molecule has 2 aromatic rings. The van der Waals surface area contributed by atoms with Crippen LogP contribution in [-0.2, 0) is 0 Å². The molecule has 0 bridgehead atoms. The zero-order chi connectivity index (χ0) is 10.8. The molecule has 3 N–H and O–H groups in total. The van der Waals surface area contributed by atoms with Gasteiger partial charge in [0.2, 0.25) is 0 Å². The maximum Gasteiger partial charge on any atom is 0.134 e. The van der Waals surface area contributed by atoms with Crippen LogP contribution in [0.5, 0.6) is 0 Å². The molecule has 1 heterocycles. The van der Waals surface area contributed by atoms with Crippen molar-refractivity contribution in [2.24, 2.45) is 5.73 Å². The molecule has 4 heteroatoms. The van der Waals surface area contributed by atoms with Gasteiger partial charge in [-0.1, -0.05) is 29.8 Å². The molecule has 0 radical (unpaired) electrons. The Morgan fingerprint density at radius 1 is 1.40 bits per heavy atom. The van der Waals surface area contributed by atoms with Gasteiger partial charge in [-0.2, -0.15) is 0 Å². The van der Waals surface area contributed by atoms with E-state index < -0.39 is 6.04 Å². The minimum atomic E-state index is -0.477. The summed E-state index contributed by atoms with van der Waals surface area (Å²) in [5, 5.41) is 10.3. The van der Waals surface area contributed by atoms with Crippen LogP contribution in [0.25, 0.3) is 10.9 Å². The number of aromatic nitrogens is 1. The van der Waals surface area contributed by atoms with Crippen LogP contribution in [0.1, 0.15) is 11.6 Å². The van der Waals surface area contributed by atoms with Crippen LogP contribution in [0.15, 0.2) is 30.3 Å². The molecule has 0 aliphatic rings. The number of nitrogens with zero attached hydrogens (tertiary/aromatic N) is 1. The molecular formula is C11H11ClN2O.